The predicted molar refractivity (Wildman–Crippen MR) is 49.1 cm³/mol. The second kappa shape index (κ2) is 2.58. The van der Waals surface area contributed by atoms with Crippen molar-refractivity contribution in [2.45, 2.75) is 6.92 Å². The number of fused-ring (bicyclic) bond motifs is 1. The molecular formula is C9H6N2S. The van der Waals surface area contributed by atoms with Crippen LogP contribution in [-0.4, -0.2) is 4.98 Å². The summed E-state index contributed by atoms with van der Waals surface area (Å²) in [5.41, 5.74) is 1.83. The minimum Gasteiger partial charge on any atom is -0.263 e. The molecule has 0 unspecified atom stereocenters. The average molecular weight is 174 g/mol. The fraction of sp³-hybridized carbons (Fsp3) is 0.111. The molecule has 2 nitrogen and oxygen atoms in total. The summed E-state index contributed by atoms with van der Waals surface area (Å²) in [4.78, 5) is 4.06. The van der Waals surface area contributed by atoms with Crippen LogP contribution in [0.5, 0.6) is 0 Å². The number of aryl methyl sites for hydroxylation is 1. The van der Waals surface area contributed by atoms with Crippen molar-refractivity contribution in [1.82, 2.24) is 4.98 Å². The summed E-state index contributed by atoms with van der Waals surface area (Å²) in [6, 6.07) is 2.17. The quantitative estimate of drug-likeness (QED) is 0.615. The van der Waals surface area contributed by atoms with Crippen LogP contribution in [0.3, 0.4) is 0 Å². The molecule has 2 rings (SSSR count). The van der Waals surface area contributed by atoms with E-state index >= 15 is 0 Å². The standard InChI is InChI=1S/C9H6N2S/c1-6-3-11-4-8-9(6)7(2-10)5-12-8/h3-5H,1H3. The Morgan fingerprint density at radius 2 is 2.33 bits per heavy atom. The third kappa shape index (κ3) is 0.892. The van der Waals surface area contributed by atoms with Crippen molar-refractivity contribution in [2.75, 3.05) is 0 Å². The molecule has 0 aliphatic heterocycles. The largest absolute Gasteiger partial charge is 0.263 e. The Kier molecular flexibility index (Phi) is 1.56. The normalized spacial score (nSPS) is 10.0. The Balaban J connectivity index is 2.95. The molecule has 2 aromatic heterocycles. The molecule has 0 saturated heterocycles. The maximum Gasteiger partial charge on any atom is 0.101 e. The molecular weight excluding hydrogens is 168 g/mol. The number of thiophene rings is 1. The van der Waals surface area contributed by atoms with Crippen molar-refractivity contribution >= 4 is 21.4 Å². The van der Waals surface area contributed by atoms with Gasteiger partial charge in [-0.2, -0.15) is 5.26 Å². The van der Waals surface area contributed by atoms with Crippen LogP contribution in [0.1, 0.15) is 11.1 Å². The third-order valence-corrected chi connectivity index (χ3v) is 2.71. The molecule has 2 heterocycles. The Hall–Kier alpha value is -1.40. The lowest BCUT2D eigenvalue weighted by atomic mass is 10.1. The second-order valence-corrected chi connectivity index (χ2v) is 3.50. The maximum absolute atomic E-state index is 8.79. The van der Waals surface area contributed by atoms with Crippen molar-refractivity contribution < 1.29 is 0 Å². The van der Waals surface area contributed by atoms with E-state index in [0.29, 0.717) is 0 Å². The molecule has 0 bridgehead atoms. The maximum atomic E-state index is 8.79. The molecule has 0 amide bonds. The Labute approximate surface area is 74.1 Å². The van der Waals surface area contributed by atoms with Gasteiger partial charge in [0, 0.05) is 23.2 Å². The molecule has 0 saturated carbocycles. The van der Waals surface area contributed by atoms with E-state index in [1.54, 1.807) is 23.7 Å². The number of nitriles is 1. The summed E-state index contributed by atoms with van der Waals surface area (Å²) in [7, 11) is 0. The van der Waals surface area contributed by atoms with Crippen LogP contribution in [0.4, 0.5) is 0 Å². The highest BCUT2D eigenvalue weighted by molar-refractivity contribution is 7.17. The lowest BCUT2D eigenvalue weighted by molar-refractivity contribution is 1.31. The summed E-state index contributed by atoms with van der Waals surface area (Å²) in [6.07, 6.45) is 3.59. The number of hydrogen-bond acceptors (Lipinski definition) is 3. The van der Waals surface area contributed by atoms with Crippen LogP contribution in [0.15, 0.2) is 17.8 Å². The number of nitrogens with zero attached hydrogens (tertiary/aromatic N) is 2. The highest BCUT2D eigenvalue weighted by atomic mass is 32.1. The minimum absolute atomic E-state index is 0.759. The zero-order valence-electron chi connectivity index (χ0n) is 6.53. The van der Waals surface area contributed by atoms with Crippen molar-refractivity contribution in [3.8, 4) is 6.07 Å². The van der Waals surface area contributed by atoms with Crippen molar-refractivity contribution in [3.63, 3.8) is 0 Å². The van der Waals surface area contributed by atoms with Crippen LogP contribution < -0.4 is 0 Å². The van der Waals surface area contributed by atoms with E-state index < -0.39 is 0 Å². The molecule has 0 fully saturated rings. The monoisotopic (exact) mass is 174 g/mol. The molecule has 2 aromatic rings. The molecule has 0 aliphatic rings. The molecule has 0 aromatic carbocycles. The Bertz CT molecular complexity index is 465. The summed E-state index contributed by atoms with van der Waals surface area (Å²) >= 11 is 1.57. The van der Waals surface area contributed by atoms with Gasteiger partial charge in [0.1, 0.15) is 6.07 Å². The zero-order valence-corrected chi connectivity index (χ0v) is 7.35. The first-order chi connectivity index (χ1) is 5.83. The molecule has 0 aliphatic carbocycles. The topological polar surface area (TPSA) is 36.7 Å². The fourth-order valence-corrected chi connectivity index (χ4v) is 2.16. The minimum atomic E-state index is 0.759. The Morgan fingerprint density at radius 3 is 3.08 bits per heavy atom. The smallest absolute Gasteiger partial charge is 0.101 e. The SMILES string of the molecule is Cc1cncc2scc(C#N)c12. The number of hydrogen-bond donors (Lipinski definition) is 0. The molecule has 3 heteroatoms. The molecule has 58 valence electrons. The van der Waals surface area contributed by atoms with Gasteiger partial charge in [-0.05, 0) is 12.5 Å². The van der Waals surface area contributed by atoms with E-state index in [4.69, 9.17) is 5.26 Å². The van der Waals surface area contributed by atoms with Gasteiger partial charge in [0.05, 0.1) is 10.3 Å². The van der Waals surface area contributed by atoms with Gasteiger partial charge < -0.3 is 0 Å². The van der Waals surface area contributed by atoms with Gasteiger partial charge in [-0.3, -0.25) is 4.98 Å². The molecule has 12 heavy (non-hydrogen) atoms. The third-order valence-electron chi connectivity index (χ3n) is 1.79. The molecule has 0 N–H and O–H groups in total. The van der Waals surface area contributed by atoms with Crippen molar-refractivity contribution in [2.24, 2.45) is 0 Å². The van der Waals surface area contributed by atoms with Crippen LogP contribution in [0.25, 0.3) is 10.1 Å². The first kappa shape index (κ1) is 7.26. The van der Waals surface area contributed by atoms with Gasteiger partial charge in [0.2, 0.25) is 0 Å². The van der Waals surface area contributed by atoms with Crippen LogP contribution in [-0.2, 0) is 0 Å². The number of rotatable bonds is 0. The van der Waals surface area contributed by atoms with Gasteiger partial charge in [-0.25, -0.2) is 0 Å². The van der Waals surface area contributed by atoms with Crippen LogP contribution in [0, 0.1) is 18.3 Å². The lowest BCUT2D eigenvalue weighted by Gasteiger charge is -1.93. The Morgan fingerprint density at radius 1 is 1.50 bits per heavy atom. The van der Waals surface area contributed by atoms with E-state index in [9.17, 15) is 0 Å². The average Bonchev–Trinajstić information content (AvgIpc) is 2.49. The van der Waals surface area contributed by atoms with E-state index in [-0.39, 0.29) is 0 Å². The number of pyridine rings is 1. The first-order valence-electron chi connectivity index (χ1n) is 3.55. The van der Waals surface area contributed by atoms with Gasteiger partial charge >= 0.3 is 0 Å². The molecule has 0 atom stereocenters. The second-order valence-electron chi connectivity index (χ2n) is 2.59. The fourth-order valence-electron chi connectivity index (χ4n) is 1.24. The van der Waals surface area contributed by atoms with Crippen LogP contribution >= 0.6 is 11.3 Å². The lowest BCUT2D eigenvalue weighted by Crippen LogP contribution is -1.78. The van der Waals surface area contributed by atoms with E-state index in [0.717, 1.165) is 21.2 Å². The van der Waals surface area contributed by atoms with E-state index in [1.807, 2.05) is 12.3 Å². The van der Waals surface area contributed by atoms with Gasteiger partial charge in [-0.1, -0.05) is 0 Å². The predicted octanol–water partition coefficient (Wildman–Crippen LogP) is 2.48. The van der Waals surface area contributed by atoms with Gasteiger partial charge in [0.15, 0.2) is 0 Å². The highest BCUT2D eigenvalue weighted by Gasteiger charge is 2.04. The molecule has 0 radical (unpaired) electrons. The molecule has 0 spiro atoms. The van der Waals surface area contributed by atoms with E-state index in [2.05, 4.69) is 11.1 Å². The summed E-state index contributed by atoms with van der Waals surface area (Å²) in [5, 5.41) is 11.7. The number of aromatic nitrogens is 1. The van der Waals surface area contributed by atoms with Crippen molar-refractivity contribution in [3.05, 3.63) is 28.9 Å². The summed E-state index contributed by atoms with van der Waals surface area (Å²) < 4.78 is 1.09. The zero-order chi connectivity index (χ0) is 8.55. The van der Waals surface area contributed by atoms with E-state index in [1.165, 1.54) is 0 Å². The van der Waals surface area contributed by atoms with Gasteiger partial charge in [-0.15, -0.1) is 11.3 Å². The highest BCUT2D eigenvalue weighted by Crippen LogP contribution is 2.26. The summed E-state index contributed by atoms with van der Waals surface area (Å²) in [5.74, 6) is 0. The van der Waals surface area contributed by atoms with Gasteiger partial charge in [0.25, 0.3) is 0 Å². The van der Waals surface area contributed by atoms with Crippen LogP contribution in [0.2, 0.25) is 0 Å². The van der Waals surface area contributed by atoms with Crippen molar-refractivity contribution in [1.29, 1.82) is 5.26 Å². The summed E-state index contributed by atoms with van der Waals surface area (Å²) in [6.45, 7) is 1.98. The first-order valence-corrected chi connectivity index (χ1v) is 4.43.